The first-order valence-electron chi connectivity index (χ1n) is 6.54. The molecule has 0 spiro atoms. The Morgan fingerprint density at radius 3 is 2.33 bits per heavy atom. The minimum Gasteiger partial charge on any atom is -0.569 e. The van der Waals surface area contributed by atoms with Gasteiger partial charge in [-0.05, 0) is 45.4 Å². The van der Waals surface area contributed by atoms with Gasteiger partial charge in [-0.2, -0.15) is 0 Å². The van der Waals surface area contributed by atoms with Gasteiger partial charge in [0.05, 0.1) is 23.1 Å². The average Bonchev–Trinajstić information content (AvgIpc) is 2.42. The number of hydrazine groups is 1. The maximum absolute atomic E-state index is 11.7. The van der Waals surface area contributed by atoms with E-state index in [0.717, 1.165) is 5.56 Å². The fourth-order valence-electron chi connectivity index (χ4n) is 1.38. The summed E-state index contributed by atoms with van der Waals surface area (Å²) in [6.07, 6.45) is -0.460. The van der Waals surface area contributed by atoms with Gasteiger partial charge in [-0.3, -0.25) is 0 Å². The number of hydrogen-bond donors (Lipinski definition) is 1. The number of hydrogen-bond acceptors (Lipinski definition) is 4. The standard InChI is InChI=1S/C14H21N3O4/c1-10(11-6-8-12(9-7-11)13(18)19)21-15-17(20)16(5)14(2,3)4/h6-10H,1-5H3,(H,18,19)/b17-15-. The molecule has 0 aliphatic rings. The molecular formula is C14H21N3O4. The molecule has 1 aromatic carbocycles. The van der Waals surface area contributed by atoms with Crippen LogP contribution in [0.1, 0.15) is 49.7 Å². The van der Waals surface area contributed by atoms with Gasteiger partial charge in [0.2, 0.25) is 5.28 Å². The van der Waals surface area contributed by atoms with Crippen LogP contribution >= 0.6 is 0 Å². The van der Waals surface area contributed by atoms with Crippen LogP contribution in [-0.4, -0.2) is 33.6 Å². The third-order valence-electron chi connectivity index (χ3n) is 3.13. The molecule has 0 fully saturated rings. The van der Waals surface area contributed by atoms with Crippen molar-refractivity contribution >= 4 is 5.97 Å². The fourth-order valence-corrected chi connectivity index (χ4v) is 1.38. The molecule has 1 unspecified atom stereocenters. The lowest BCUT2D eigenvalue weighted by molar-refractivity contribution is -0.720. The predicted molar refractivity (Wildman–Crippen MR) is 76.5 cm³/mol. The van der Waals surface area contributed by atoms with E-state index in [-0.39, 0.29) is 11.1 Å². The summed E-state index contributed by atoms with van der Waals surface area (Å²) in [7, 11) is 1.62. The van der Waals surface area contributed by atoms with Gasteiger partial charge in [0, 0.05) is 0 Å². The molecule has 0 saturated heterocycles. The van der Waals surface area contributed by atoms with E-state index < -0.39 is 12.1 Å². The summed E-state index contributed by atoms with van der Waals surface area (Å²) in [5, 5.41) is 25.5. The number of rotatable bonds is 5. The van der Waals surface area contributed by atoms with Crippen molar-refractivity contribution < 1.29 is 19.7 Å². The van der Waals surface area contributed by atoms with E-state index in [1.165, 1.54) is 17.1 Å². The summed E-state index contributed by atoms with van der Waals surface area (Å²) in [5.74, 6) is -0.989. The van der Waals surface area contributed by atoms with Gasteiger partial charge in [-0.1, -0.05) is 12.1 Å². The molecule has 0 aliphatic carbocycles. The summed E-state index contributed by atoms with van der Waals surface area (Å²) in [6, 6.07) is 6.22. The molecule has 0 saturated carbocycles. The highest BCUT2D eigenvalue weighted by molar-refractivity contribution is 5.87. The first kappa shape index (κ1) is 16.7. The largest absolute Gasteiger partial charge is 0.569 e. The second-order valence-corrected chi connectivity index (χ2v) is 5.70. The van der Waals surface area contributed by atoms with Crippen molar-refractivity contribution in [1.29, 1.82) is 0 Å². The minimum absolute atomic E-state index is 0.195. The Labute approximate surface area is 124 Å². The molecule has 0 bridgehead atoms. The lowest BCUT2D eigenvalue weighted by Gasteiger charge is -2.26. The summed E-state index contributed by atoms with van der Waals surface area (Å²) in [5.41, 5.74) is 0.553. The van der Waals surface area contributed by atoms with Gasteiger partial charge in [0.1, 0.15) is 0 Å². The third kappa shape index (κ3) is 4.62. The summed E-state index contributed by atoms with van der Waals surface area (Å²) < 4.78 is 0. The number of benzene rings is 1. The van der Waals surface area contributed by atoms with Crippen molar-refractivity contribution in [3.8, 4) is 0 Å². The number of nitrogens with zero attached hydrogens (tertiary/aromatic N) is 3. The highest BCUT2D eigenvalue weighted by Gasteiger charge is 2.24. The first-order chi connectivity index (χ1) is 9.62. The smallest absolute Gasteiger partial charge is 0.335 e. The van der Waals surface area contributed by atoms with Crippen molar-refractivity contribution in [3.63, 3.8) is 0 Å². The van der Waals surface area contributed by atoms with Gasteiger partial charge >= 0.3 is 5.97 Å². The second-order valence-electron chi connectivity index (χ2n) is 5.70. The SMILES string of the molecule is CC(O/N=[N+](\[O-])N(C)C(C)(C)C)c1ccc(C(=O)O)cc1. The van der Waals surface area contributed by atoms with Crippen LogP contribution in [0.4, 0.5) is 0 Å². The average molecular weight is 295 g/mol. The molecule has 1 N–H and O–H groups in total. The van der Waals surface area contributed by atoms with Crippen LogP contribution in [-0.2, 0) is 4.84 Å². The topological polar surface area (TPSA) is 88.2 Å². The molecular weight excluding hydrogens is 274 g/mol. The Kier molecular flexibility index (Phi) is 5.12. The highest BCUT2D eigenvalue weighted by atomic mass is 16.7. The van der Waals surface area contributed by atoms with Crippen LogP contribution in [0.15, 0.2) is 29.5 Å². The van der Waals surface area contributed by atoms with E-state index in [1.54, 1.807) is 26.1 Å². The quantitative estimate of drug-likeness (QED) is 0.512. The van der Waals surface area contributed by atoms with Gasteiger partial charge in [-0.25, -0.2) is 4.79 Å². The number of carbonyl (C=O) groups is 1. The van der Waals surface area contributed by atoms with E-state index in [4.69, 9.17) is 9.94 Å². The molecule has 7 heteroatoms. The number of aromatic carboxylic acids is 1. The summed E-state index contributed by atoms with van der Waals surface area (Å²) >= 11 is 0. The second kappa shape index (κ2) is 6.43. The van der Waals surface area contributed by atoms with Crippen molar-refractivity contribution in [1.82, 2.24) is 5.01 Å². The third-order valence-corrected chi connectivity index (χ3v) is 3.13. The van der Waals surface area contributed by atoms with E-state index in [0.29, 0.717) is 4.97 Å². The fraction of sp³-hybridized carbons (Fsp3) is 0.500. The molecule has 1 atom stereocenters. The predicted octanol–water partition coefficient (Wildman–Crippen LogP) is 2.99. The Morgan fingerprint density at radius 1 is 1.38 bits per heavy atom. The van der Waals surface area contributed by atoms with Crippen molar-refractivity contribution in [3.05, 3.63) is 40.6 Å². The number of carboxylic acid groups (broad SMARTS) is 1. The molecule has 0 aromatic heterocycles. The molecule has 0 aliphatic heterocycles. The van der Waals surface area contributed by atoms with Gasteiger partial charge in [0.25, 0.3) is 0 Å². The van der Waals surface area contributed by atoms with Crippen LogP contribution in [0.3, 0.4) is 0 Å². The zero-order valence-electron chi connectivity index (χ0n) is 12.9. The molecule has 1 aromatic rings. The Balaban J connectivity index is 2.73. The maximum Gasteiger partial charge on any atom is 0.335 e. The van der Waals surface area contributed by atoms with Crippen LogP contribution in [0.25, 0.3) is 0 Å². The zero-order chi connectivity index (χ0) is 16.2. The van der Waals surface area contributed by atoms with Gasteiger partial charge in [-0.15, -0.1) is 5.01 Å². The molecule has 0 amide bonds. The molecule has 0 radical (unpaired) electrons. The first-order valence-corrected chi connectivity index (χ1v) is 6.54. The lowest BCUT2D eigenvalue weighted by Crippen LogP contribution is -2.42. The van der Waals surface area contributed by atoms with Gasteiger partial charge in [0.15, 0.2) is 6.10 Å². The number of carboxylic acids is 1. The van der Waals surface area contributed by atoms with Crippen LogP contribution < -0.4 is 0 Å². The molecule has 7 nitrogen and oxygen atoms in total. The Bertz CT molecular complexity index is 520. The lowest BCUT2D eigenvalue weighted by atomic mass is 10.1. The highest BCUT2D eigenvalue weighted by Crippen LogP contribution is 2.18. The summed E-state index contributed by atoms with van der Waals surface area (Å²) in [6.45, 7) is 7.36. The van der Waals surface area contributed by atoms with Crippen LogP contribution in [0.2, 0.25) is 0 Å². The Morgan fingerprint density at radius 2 is 1.90 bits per heavy atom. The van der Waals surface area contributed by atoms with Gasteiger partial charge < -0.3 is 15.2 Å². The van der Waals surface area contributed by atoms with Crippen molar-refractivity contribution in [2.75, 3.05) is 7.05 Å². The Hall–Kier alpha value is -2.31. The zero-order valence-corrected chi connectivity index (χ0v) is 12.9. The van der Waals surface area contributed by atoms with E-state index in [1.807, 2.05) is 20.8 Å². The monoisotopic (exact) mass is 295 g/mol. The van der Waals surface area contributed by atoms with Crippen LogP contribution in [0, 0.1) is 5.21 Å². The summed E-state index contributed by atoms with van der Waals surface area (Å²) in [4.78, 5) is 16.3. The van der Waals surface area contributed by atoms with Crippen LogP contribution in [0.5, 0.6) is 0 Å². The van der Waals surface area contributed by atoms with E-state index in [2.05, 4.69) is 5.28 Å². The molecule has 116 valence electrons. The van der Waals surface area contributed by atoms with E-state index >= 15 is 0 Å². The van der Waals surface area contributed by atoms with E-state index in [9.17, 15) is 10.0 Å². The van der Waals surface area contributed by atoms with Crippen molar-refractivity contribution in [2.24, 2.45) is 5.28 Å². The molecule has 0 heterocycles. The minimum atomic E-state index is -0.989. The molecule has 21 heavy (non-hydrogen) atoms. The maximum atomic E-state index is 11.7. The molecule has 1 rings (SSSR count). The normalized spacial score (nSPS) is 13.7. The van der Waals surface area contributed by atoms with Crippen molar-refractivity contribution in [2.45, 2.75) is 39.3 Å².